The van der Waals surface area contributed by atoms with Crippen LogP contribution in [0.15, 0.2) is 4.79 Å². The second-order valence-corrected chi connectivity index (χ2v) is 3.58. The van der Waals surface area contributed by atoms with E-state index in [1.54, 1.807) is 0 Å². The lowest BCUT2D eigenvalue weighted by molar-refractivity contribution is 0.707. The average molecular weight is 210 g/mol. The molecule has 0 atom stereocenters. The van der Waals surface area contributed by atoms with Gasteiger partial charge in [-0.3, -0.25) is 15.2 Å². The number of unbranched alkanes of at least 4 members (excludes halogenated alkanes) is 2. The van der Waals surface area contributed by atoms with Crippen LogP contribution in [-0.2, 0) is 6.42 Å². The zero-order valence-corrected chi connectivity index (χ0v) is 9.26. The third-order valence-corrected chi connectivity index (χ3v) is 2.39. The quantitative estimate of drug-likeness (QED) is 0.386. The summed E-state index contributed by atoms with van der Waals surface area (Å²) in [6.45, 7) is 3.97. The van der Waals surface area contributed by atoms with Gasteiger partial charge in [-0.05, 0) is 19.8 Å². The summed E-state index contributed by atoms with van der Waals surface area (Å²) >= 11 is 0. The zero-order chi connectivity index (χ0) is 11.3. The van der Waals surface area contributed by atoms with Gasteiger partial charge in [0, 0.05) is 11.3 Å². The van der Waals surface area contributed by atoms with Crippen molar-refractivity contribution < 1.29 is 0 Å². The standard InChI is InChI=1S/C10H18N4O/c1-3-4-5-6-8-7(2)12-10(14-11)13-9(8)15/h3-6,11H2,1-2H3,(H2,12,13,14,15). The molecular formula is C10H18N4O. The number of rotatable bonds is 5. The van der Waals surface area contributed by atoms with Crippen molar-refractivity contribution in [2.75, 3.05) is 5.43 Å². The predicted octanol–water partition coefficient (Wildman–Crippen LogP) is 1.10. The first-order valence-corrected chi connectivity index (χ1v) is 5.25. The van der Waals surface area contributed by atoms with E-state index in [1.165, 1.54) is 0 Å². The van der Waals surface area contributed by atoms with Gasteiger partial charge < -0.3 is 0 Å². The van der Waals surface area contributed by atoms with Crippen molar-refractivity contribution in [3.8, 4) is 0 Å². The van der Waals surface area contributed by atoms with Crippen molar-refractivity contribution in [3.05, 3.63) is 21.6 Å². The van der Waals surface area contributed by atoms with E-state index in [9.17, 15) is 4.79 Å². The summed E-state index contributed by atoms with van der Waals surface area (Å²) < 4.78 is 0. The molecule has 0 amide bonds. The molecule has 1 aromatic rings. The predicted molar refractivity (Wildman–Crippen MR) is 60.6 cm³/mol. The molecule has 0 spiro atoms. The Morgan fingerprint density at radius 1 is 1.47 bits per heavy atom. The van der Waals surface area contributed by atoms with E-state index < -0.39 is 0 Å². The first-order chi connectivity index (χ1) is 7.19. The second-order valence-electron chi connectivity index (χ2n) is 3.58. The first-order valence-electron chi connectivity index (χ1n) is 5.25. The highest BCUT2D eigenvalue weighted by Gasteiger charge is 2.06. The zero-order valence-electron chi connectivity index (χ0n) is 9.26. The lowest BCUT2D eigenvalue weighted by Gasteiger charge is -2.05. The van der Waals surface area contributed by atoms with Crippen LogP contribution in [0, 0.1) is 6.92 Å². The lowest BCUT2D eigenvalue weighted by atomic mass is 10.1. The van der Waals surface area contributed by atoms with Gasteiger partial charge in [-0.15, -0.1) is 0 Å². The van der Waals surface area contributed by atoms with Crippen molar-refractivity contribution in [2.24, 2.45) is 5.84 Å². The number of hydrazine groups is 1. The third kappa shape index (κ3) is 3.06. The minimum absolute atomic E-state index is 0.0912. The topological polar surface area (TPSA) is 83.8 Å². The Hall–Kier alpha value is -1.36. The minimum Gasteiger partial charge on any atom is -0.294 e. The minimum atomic E-state index is -0.0912. The van der Waals surface area contributed by atoms with Crippen LogP contribution in [0.1, 0.15) is 37.4 Å². The van der Waals surface area contributed by atoms with Gasteiger partial charge >= 0.3 is 0 Å². The normalized spacial score (nSPS) is 10.3. The van der Waals surface area contributed by atoms with Crippen molar-refractivity contribution in [3.63, 3.8) is 0 Å². The molecule has 0 saturated heterocycles. The van der Waals surface area contributed by atoms with Crippen molar-refractivity contribution >= 4 is 5.95 Å². The Kier molecular flexibility index (Phi) is 4.30. The van der Waals surface area contributed by atoms with Gasteiger partial charge in [-0.25, -0.2) is 10.8 Å². The molecule has 0 aromatic carbocycles. The molecule has 0 unspecified atom stereocenters. The van der Waals surface area contributed by atoms with E-state index in [0.717, 1.165) is 36.9 Å². The van der Waals surface area contributed by atoms with Gasteiger partial charge in [-0.2, -0.15) is 0 Å². The molecule has 0 radical (unpaired) electrons. The maximum Gasteiger partial charge on any atom is 0.255 e. The number of nitrogens with zero attached hydrogens (tertiary/aromatic N) is 1. The summed E-state index contributed by atoms with van der Waals surface area (Å²) in [4.78, 5) is 18.4. The van der Waals surface area contributed by atoms with E-state index in [2.05, 4.69) is 22.3 Å². The van der Waals surface area contributed by atoms with E-state index in [1.807, 2.05) is 6.92 Å². The highest BCUT2D eigenvalue weighted by molar-refractivity contribution is 5.27. The van der Waals surface area contributed by atoms with Crippen molar-refractivity contribution in [1.29, 1.82) is 0 Å². The number of nitrogen functional groups attached to an aromatic ring is 1. The number of nitrogens with two attached hydrogens (primary N) is 1. The fraction of sp³-hybridized carbons (Fsp3) is 0.600. The molecule has 0 aliphatic heterocycles. The smallest absolute Gasteiger partial charge is 0.255 e. The Bertz CT molecular complexity index is 372. The van der Waals surface area contributed by atoms with Gasteiger partial charge in [0.15, 0.2) is 0 Å². The summed E-state index contributed by atoms with van der Waals surface area (Å²) in [6.07, 6.45) is 4.09. The van der Waals surface area contributed by atoms with Crippen LogP contribution in [0.2, 0.25) is 0 Å². The van der Waals surface area contributed by atoms with Crippen molar-refractivity contribution in [1.82, 2.24) is 9.97 Å². The number of hydrogen-bond acceptors (Lipinski definition) is 4. The fourth-order valence-corrected chi connectivity index (χ4v) is 1.52. The summed E-state index contributed by atoms with van der Waals surface area (Å²) in [6, 6.07) is 0. The first kappa shape index (κ1) is 11.7. The van der Waals surface area contributed by atoms with Crippen LogP contribution in [0.3, 0.4) is 0 Å². The Balaban J connectivity index is 2.84. The number of nitrogens with one attached hydrogen (secondary N) is 2. The van der Waals surface area contributed by atoms with Gasteiger partial charge in [0.2, 0.25) is 5.95 Å². The molecule has 5 heteroatoms. The van der Waals surface area contributed by atoms with Crippen LogP contribution < -0.4 is 16.8 Å². The van der Waals surface area contributed by atoms with Crippen LogP contribution in [0.5, 0.6) is 0 Å². The van der Waals surface area contributed by atoms with Crippen LogP contribution in [0.4, 0.5) is 5.95 Å². The highest BCUT2D eigenvalue weighted by atomic mass is 16.1. The monoisotopic (exact) mass is 210 g/mol. The molecule has 0 fully saturated rings. The highest BCUT2D eigenvalue weighted by Crippen LogP contribution is 2.06. The van der Waals surface area contributed by atoms with Crippen molar-refractivity contribution in [2.45, 2.75) is 39.5 Å². The van der Waals surface area contributed by atoms with Crippen LogP contribution in [-0.4, -0.2) is 9.97 Å². The molecule has 0 bridgehead atoms. The summed E-state index contributed by atoms with van der Waals surface area (Å²) in [5, 5.41) is 0. The van der Waals surface area contributed by atoms with E-state index in [-0.39, 0.29) is 5.56 Å². The van der Waals surface area contributed by atoms with Gasteiger partial charge in [0.25, 0.3) is 5.56 Å². The number of hydrogen-bond donors (Lipinski definition) is 3. The summed E-state index contributed by atoms with van der Waals surface area (Å²) in [7, 11) is 0. The van der Waals surface area contributed by atoms with Gasteiger partial charge in [0.05, 0.1) is 0 Å². The number of aromatic nitrogens is 2. The Morgan fingerprint density at radius 3 is 2.73 bits per heavy atom. The van der Waals surface area contributed by atoms with Gasteiger partial charge in [0.1, 0.15) is 0 Å². The average Bonchev–Trinajstić information content (AvgIpc) is 2.22. The van der Waals surface area contributed by atoms with E-state index in [4.69, 9.17) is 5.84 Å². The molecule has 0 aliphatic carbocycles. The maximum absolute atomic E-state index is 11.6. The Labute approximate surface area is 89.1 Å². The molecular weight excluding hydrogens is 192 g/mol. The molecule has 84 valence electrons. The molecule has 0 saturated carbocycles. The molecule has 0 aliphatic rings. The van der Waals surface area contributed by atoms with Gasteiger partial charge in [-0.1, -0.05) is 19.8 Å². The SMILES string of the molecule is CCCCCc1c(C)nc(NN)[nH]c1=O. The van der Waals surface area contributed by atoms with Crippen LogP contribution >= 0.6 is 0 Å². The third-order valence-electron chi connectivity index (χ3n) is 2.39. The maximum atomic E-state index is 11.6. The van der Waals surface area contributed by atoms with E-state index >= 15 is 0 Å². The lowest BCUT2D eigenvalue weighted by Crippen LogP contribution is -2.21. The molecule has 4 N–H and O–H groups in total. The van der Waals surface area contributed by atoms with Crippen LogP contribution in [0.25, 0.3) is 0 Å². The Morgan fingerprint density at radius 2 is 2.20 bits per heavy atom. The number of anilines is 1. The molecule has 15 heavy (non-hydrogen) atoms. The molecule has 5 nitrogen and oxygen atoms in total. The fourth-order valence-electron chi connectivity index (χ4n) is 1.52. The molecule has 1 rings (SSSR count). The summed E-state index contributed by atoms with van der Waals surface area (Å²) in [5.41, 5.74) is 3.76. The number of aryl methyl sites for hydroxylation is 1. The molecule has 1 aromatic heterocycles. The van der Waals surface area contributed by atoms with E-state index in [0.29, 0.717) is 5.95 Å². The summed E-state index contributed by atoms with van der Waals surface area (Å²) in [5.74, 6) is 5.49. The number of H-pyrrole nitrogens is 1. The molecule has 1 heterocycles. The largest absolute Gasteiger partial charge is 0.294 e. The number of aromatic amines is 1. The second kappa shape index (κ2) is 5.50.